The molecule has 0 radical (unpaired) electrons. The standard InChI is InChI=1S/C21H22F2N2O6/c1-21(6-7-26)15(31-2)10-25-9-12(17(27)18(28)16(25)19(21)29)20(30)24-8-11-13(22)4-3-5-14(11)23/h3-5,9,15,26,28H,6-8,10H2,1-2H3,(H,24,30). The molecule has 1 amide bonds. The zero-order chi connectivity index (χ0) is 22.9. The number of methoxy groups -OCH3 is 1. The van der Waals surface area contributed by atoms with Crippen LogP contribution in [0.25, 0.3) is 0 Å². The van der Waals surface area contributed by atoms with E-state index in [1.54, 1.807) is 6.92 Å². The lowest BCUT2D eigenvalue weighted by Crippen LogP contribution is -2.50. The maximum Gasteiger partial charge on any atom is 0.257 e. The van der Waals surface area contributed by atoms with Crippen LogP contribution in [0.5, 0.6) is 5.75 Å². The topological polar surface area (TPSA) is 118 Å². The van der Waals surface area contributed by atoms with Gasteiger partial charge in [0.05, 0.1) is 18.1 Å². The van der Waals surface area contributed by atoms with Crippen LogP contribution in [0.4, 0.5) is 8.78 Å². The molecule has 1 aromatic heterocycles. The molecular formula is C21H22F2N2O6. The van der Waals surface area contributed by atoms with E-state index in [0.29, 0.717) is 0 Å². The Morgan fingerprint density at radius 3 is 2.55 bits per heavy atom. The van der Waals surface area contributed by atoms with Gasteiger partial charge >= 0.3 is 0 Å². The minimum Gasteiger partial charge on any atom is -0.503 e. The SMILES string of the molecule is COC1Cn2cc(C(=O)NCc3c(F)cccc3F)c(=O)c(O)c2C(=O)C1(C)CCO. The number of aliphatic hydroxyl groups is 1. The molecule has 2 unspecified atom stereocenters. The fraction of sp³-hybridized carbons (Fsp3) is 0.381. The van der Waals surface area contributed by atoms with Crippen molar-refractivity contribution in [1.29, 1.82) is 0 Å². The number of hydrogen-bond acceptors (Lipinski definition) is 6. The van der Waals surface area contributed by atoms with Gasteiger partial charge in [0.25, 0.3) is 5.91 Å². The highest BCUT2D eigenvalue weighted by Crippen LogP contribution is 2.39. The Morgan fingerprint density at radius 2 is 1.97 bits per heavy atom. The Balaban J connectivity index is 1.97. The summed E-state index contributed by atoms with van der Waals surface area (Å²) in [4.78, 5) is 38.2. The van der Waals surface area contributed by atoms with Crippen LogP contribution < -0.4 is 10.7 Å². The van der Waals surface area contributed by atoms with Crippen LogP contribution in [0.2, 0.25) is 0 Å². The minimum absolute atomic E-state index is 0.0319. The van der Waals surface area contributed by atoms with E-state index in [-0.39, 0.29) is 30.8 Å². The average Bonchev–Trinajstić information content (AvgIpc) is 2.72. The Bertz CT molecular complexity index is 1080. The van der Waals surface area contributed by atoms with E-state index in [1.807, 2.05) is 0 Å². The van der Waals surface area contributed by atoms with Gasteiger partial charge in [0.15, 0.2) is 11.5 Å². The van der Waals surface area contributed by atoms with Crippen molar-refractivity contribution in [3.63, 3.8) is 0 Å². The van der Waals surface area contributed by atoms with Crippen molar-refractivity contribution in [1.82, 2.24) is 9.88 Å². The van der Waals surface area contributed by atoms with Gasteiger partial charge in [-0.3, -0.25) is 14.4 Å². The first-order chi connectivity index (χ1) is 14.7. The van der Waals surface area contributed by atoms with E-state index < -0.39 is 58.1 Å². The number of rotatable bonds is 6. The van der Waals surface area contributed by atoms with E-state index in [9.17, 15) is 33.4 Å². The number of nitrogens with one attached hydrogen (secondary N) is 1. The molecular weight excluding hydrogens is 414 g/mol. The summed E-state index contributed by atoms with van der Waals surface area (Å²) in [5.74, 6) is -4.20. The lowest BCUT2D eigenvalue weighted by molar-refractivity contribution is -0.0238. The maximum atomic E-state index is 13.8. The van der Waals surface area contributed by atoms with E-state index in [2.05, 4.69) is 5.32 Å². The summed E-state index contributed by atoms with van der Waals surface area (Å²) in [6.07, 6.45) is 0.464. The van der Waals surface area contributed by atoms with Crippen LogP contribution in [0.3, 0.4) is 0 Å². The van der Waals surface area contributed by atoms with Gasteiger partial charge in [-0.15, -0.1) is 0 Å². The maximum absolute atomic E-state index is 13.8. The number of hydrogen-bond donors (Lipinski definition) is 3. The van der Waals surface area contributed by atoms with Gasteiger partial charge in [-0.05, 0) is 25.5 Å². The second kappa shape index (κ2) is 8.56. The molecule has 1 aliphatic rings. The summed E-state index contributed by atoms with van der Waals surface area (Å²) < 4.78 is 34.2. The fourth-order valence-electron chi connectivity index (χ4n) is 3.80. The third-order valence-corrected chi connectivity index (χ3v) is 5.71. The summed E-state index contributed by atoms with van der Waals surface area (Å²) >= 11 is 0. The van der Waals surface area contributed by atoms with Gasteiger partial charge < -0.3 is 24.8 Å². The average molecular weight is 436 g/mol. The van der Waals surface area contributed by atoms with Crippen LogP contribution >= 0.6 is 0 Å². The van der Waals surface area contributed by atoms with E-state index >= 15 is 0 Å². The summed E-state index contributed by atoms with van der Waals surface area (Å²) in [6, 6.07) is 3.24. The van der Waals surface area contributed by atoms with Gasteiger partial charge in [0.2, 0.25) is 5.43 Å². The van der Waals surface area contributed by atoms with Gasteiger partial charge in [-0.2, -0.15) is 0 Å². The first-order valence-corrected chi connectivity index (χ1v) is 9.51. The lowest BCUT2D eigenvalue weighted by Gasteiger charge is -2.40. The monoisotopic (exact) mass is 436 g/mol. The lowest BCUT2D eigenvalue weighted by atomic mass is 9.73. The molecule has 0 saturated heterocycles. The van der Waals surface area contributed by atoms with Crippen molar-refractivity contribution >= 4 is 11.7 Å². The molecule has 1 aromatic carbocycles. The first-order valence-electron chi connectivity index (χ1n) is 9.51. The van der Waals surface area contributed by atoms with Crippen molar-refractivity contribution < 1.29 is 33.3 Å². The number of ketones is 1. The molecule has 2 aromatic rings. The number of nitrogens with zero attached hydrogens (tertiary/aromatic N) is 1. The summed E-state index contributed by atoms with van der Waals surface area (Å²) in [5.41, 5.74) is -3.43. The Kier molecular flexibility index (Phi) is 6.23. The van der Waals surface area contributed by atoms with Crippen LogP contribution in [-0.4, -0.2) is 46.3 Å². The number of fused-ring (bicyclic) bond motifs is 1. The molecule has 2 heterocycles. The Labute approximate surface area is 176 Å². The van der Waals surface area contributed by atoms with Crippen molar-refractivity contribution in [3.05, 3.63) is 63.1 Å². The number of halogens is 2. The highest BCUT2D eigenvalue weighted by atomic mass is 19.1. The quantitative estimate of drug-likeness (QED) is 0.630. The molecule has 31 heavy (non-hydrogen) atoms. The highest BCUT2D eigenvalue weighted by molar-refractivity contribution is 6.03. The predicted octanol–water partition coefficient (Wildman–Crippen LogP) is 1.36. The zero-order valence-corrected chi connectivity index (χ0v) is 16.9. The molecule has 0 aliphatic carbocycles. The number of ether oxygens (including phenoxy) is 1. The molecule has 0 saturated carbocycles. The van der Waals surface area contributed by atoms with E-state index in [1.165, 1.54) is 17.7 Å². The van der Waals surface area contributed by atoms with Crippen molar-refractivity contribution in [3.8, 4) is 5.75 Å². The van der Waals surface area contributed by atoms with Crippen molar-refractivity contribution in [2.24, 2.45) is 5.41 Å². The third kappa shape index (κ3) is 3.84. The number of aromatic nitrogens is 1. The molecule has 0 fully saturated rings. The van der Waals surface area contributed by atoms with E-state index in [4.69, 9.17) is 4.74 Å². The number of benzene rings is 1. The van der Waals surface area contributed by atoms with Crippen LogP contribution in [0, 0.1) is 17.0 Å². The van der Waals surface area contributed by atoms with Crippen molar-refractivity contribution in [2.75, 3.05) is 13.7 Å². The van der Waals surface area contributed by atoms with Gasteiger partial charge in [0.1, 0.15) is 22.9 Å². The highest BCUT2D eigenvalue weighted by Gasteiger charge is 2.48. The number of pyridine rings is 1. The zero-order valence-electron chi connectivity index (χ0n) is 16.9. The number of carbonyl (C=O) groups excluding carboxylic acids is 2. The number of amides is 1. The molecule has 8 nitrogen and oxygen atoms in total. The van der Waals surface area contributed by atoms with Crippen LogP contribution in [0.1, 0.15) is 39.8 Å². The normalized spacial score (nSPS) is 20.4. The first kappa shape index (κ1) is 22.6. The second-order valence-electron chi connectivity index (χ2n) is 7.55. The summed E-state index contributed by atoms with van der Waals surface area (Å²) in [5, 5.41) is 22.0. The van der Waals surface area contributed by atoms with Crippen molar-refractivity contribution in [2.45, 2.75) is 32.5 Å². The number of Topliss-reactive ketones (excluding diaryl/α,β-unsaturated/α-hetero) is 1. The smallest absolute Gasteiger partial charge is 0.257 e. The number of aromatic hydroxyl groups is 1. The van der Waals surface area contributed by atoms with Crippen LogP contribution in [-0.2, 0) is 17.8 Å². The molecule has 3 N–H and O–H groups in total. The molecule has 0 bridgehead atoms. The molecule has 166 valence electrons. The number of carbonyl (C=O) groups is 2. The molecule has 3 rings (SSSR count). The Hall–Kier alpha value is -3.11. The largest absolute Gasteiger partial charge is 0.503 e. The van der Waals surface area contributed by atoms with Gasteiger partial charge in [0, 0.05) is 32.0 Å². The molecule has 2 atom stereocenters. The number of aliphatic hydroxyl groups excluding tert-OH is 1. The predicted molar refractivity (Wildman–Crippen MR) is 105 cm³/mol. The van der Waals surface area contributed by atoms with E-state index in [0.717, 1.165) is 18.3 Å². The van der Waals surface area contributed by atoms with Gasteiger partial charge in [-0.25, -0.2) is 8.78 Å². The molecule has 1 aliphatic heterocycles. The van der Waals surface area contributed by atoms with Crippen LogP contribution in [0.15, 0.2) is 29.2 Å². The Morgan fingerprint density at radius 1 is 1.32 bits per heavy atom. The molecule has 0 spiro atoms. The minimum atomic E-state index is -1.18. The fourth-order valence-corrected chi connectivity index (χ4v) is 3.80. The third-order valence-electron chi connectivity index (χ3n) is 5.71. The van der Waals surface area contributed by atoms with Gasteiger partial charge in [-0.1, -0.05) is 6.07 Å². The summed E-state index contributed by atoms with van der Waals surface area (Å²) in [6.45, 7) is 0.772. The second-order valence-corrected chi connectivity index (χ2v) is 7.55. The molecule has 10 heteroatoms. The summed E-state index contributed by atoms with van der Waals surface area (Å²) in [7, 11) is 1.39.